The van der Waals surface area contributed by atoms with Crippen LogP contribution in [0.1, 0.15) is 64.6 Å². The second kappa shape index (κ2) is 15.3. The first-order valence-corrected chi connectivity index (χ1v) is 11.0. The van der Waals surface area contributed by atoms with Crippen molar-refractivity contribution in [2.45, 2.75) is 60.3 Å². The summed E-state index contributed by atoms with van der Waals surface area (Å²) in [5.41, 5.74) is 5.80. The fraction of sp³-hybridized carbons (Fsp3) is 0.321. The highest BCUT2D eigenvalue weighted by molar-refractivity contribution is 5.74. The molecule has 1 aliphatic carbocycles. The second-order valence-electron chi connectivity index (χ2n) is 6.59. The number of hydrogen-bond acceptors (Lipinski definition) is 1. The molecule has 1 aliphatic rings. The third kappa shape index (κ3) is 9.38. The highest BCUT2D eigenvalue weighted by atomic mass is 14.7. The summed E-state index contributed by atoms with van der Waals surface area (Å²) in [7, 11) is 0. The molecule has 0 radical (unpaired) electrons. The van der Waals surface area contributed by atoms with E-state index in [4.69, 9.17) is 4.98 Å². The molecule has 0 fully saturated rings. The van der Waals surface area contributed by atoms with Crippen molar-refractivity contribution < 1.29 is 0 Å². The predicted octanol–water partition coefficient (Wildman–Crippen LogP) is 8.74. The maximum Gasteiger partial charge on any atom is 0.0712 e. The topological polar surface area (TPSA) is 12.9 Å². The van der Waals surface area contributed by atoms with Gasteiger partial charge in [-0.25, -0.2) is 4.98 Å². The summed E-state index contributed by atoms with van der Waals surface area (Å²) < 4.78 is 0. The van der Waals surface area contributed by atoms with Gasteiger partial charge in [0.2, 0.25) is 0 Å². The summed E-state index contributed by atoms with van der Waals surface area (Å²) >= 11 is 0. The molecule has 0 aliphatic heterocycles. The molecule has 0 saturated heterocycles. The van der Waals surface area contributed by atoms with Crippen LogP contribution >= 0.6 is 0 Å². The quantitative estimate of drug-likeness (QED) is 0.467. The number of aromatic nitrogens is 1. The minimum atomic E-state index is 1.05. The van der Waals surface area contributed by atoms with Gasteiger partial charge in [-0.3, -0.25) is 0 Å². The number of pyridine rings is 1. The average Bonchev–Trinajstić information content (AvgIpc) is 2.79. The van der Waals surface area contributed by atoms with Gasteiger partial charge in [0.25, 0.3) is 0 Å². The Labute approximate surface area is 178 Å². The largest absolute Gasteiger partial charge is 0.248 e. The van der Waals surface area contributed by atoms with Crippen molar-refractivity contribution in [1.82, 2.24) is 4.98 Å². The van der Waals surface area contributed by atoms with E-state index in [0.29, 0.717) is 0 Å². The number of rotatable bonds is 5. The van der Waals surface area contributed by atoms with Crippen molar-refractivity contribution in [3.05, 3.63) is 96.3 Å². The van der Waals surface area contributed by atoms with E-state index in [-0.39, 0.29) is 0 Å². The van der Waals surface area contributed by atoms with Gasteiger partial charge >= 0.3 is 0 Å². The van der Waals surface area contributed by atoms with E-state index in [1.807, 2.05) is 19.9 Å². The van der Waals surface area contributed by atoms with Crippen molar-refractivity contribution in [2.75, 3.05) is 0 Å². The van der Waals surface area contributed by atoms with Gasteiger partial charge in [-0.1, -0.05) is 101 Å². The summed E-state index contributed by atoms with van der Waals surface area (Å²) in [4.78, 5) is 4.81. The van der Waals surface area contributed by atoms with Gasteiger partial charge < -0.3 is 0 Å². The van der Waals surface area contributed by atoms with Crippen LogP contribution in [-0.2, 0) is 0 Å². The van der Waals surface area contributed by atoms with Crippen LogP contribution in [0.25, 0.3) is 16.8 Å². The molecule has 1 heteroatoms. The molecule has 1 aromatic heterocycles. The van der Waals surface area contributed by atoms with E-state index in [1.54, 1.807) is 0 Å². The van der Waals surface area contributed by atoms with Gasteiger partial charge in [0.15, 0.2) is 0 Å². The average molecular weight is 388 g/mol. The van der Waals surface area contributed by atoms with Crippen LogP contribution < -0.4 is 0 Å². The molecule has 0 spiro atoms. The van der Waals surface area contributed by atoms with Crippen LogP contribution in [0, 0.1) is 6.92 Å². The van der Waals surface area contributed by atoms with Crippen LogP contribution in [-0.4, -0.2) is 4.98 Å². The number of aryl methyl sites for hydroxylation is 1. The SMILES string of the molecule is CC.CC/C=C\C=C/CC.Cc1cc(C2=CCCC=C2)nc(-c2ccccc2)c1. The first-order valence-electron chi connectivity index (χ1n) is 11.0. The number of benzene rings is 1. The third-order valence-electron chi connectivity index (χ3n) is 4.18. The lowest BCUT2D eigenvalue weighted by molar-refractivity contribution is 1.04. The van der Waals surface area contributed by atoms with Crippen LogP contribution in [0.15, 0.2) is 85.0 Å². The van der Waals surface area contributed by atoms with Crippen molar-refractivity contribution in [2.24, 2.45) is 0 Å². The third-order valence-corrected chi connectivity index (χ3v) is 4.18. The lowest BCUT2D eigenvalue weighted by Gasteiger charge is -2.10. The second-order valence-corrected chi connectivity index (χ2v) is 6.59. The van der Waals surface area contributed by atoms with Gasteiger partial charge in [0, 0.05) is 5.56 Å². The monoisotopic (exact) mass is 387 g/mol. The zero-order chi connectivity index (χ0) is 21.3. The molecule has 0 N–H and O–H groups in total. The molecule has 1 aromatic carbocycles. The Balaban J connectivity index is 0.000000358. The Hall–Kier alpha value is -2.67. The molecule has 0 saturated carbocycles. The fourth-order valence-electron chi connectivity index (χ4n) is 2.80. The van der Waals surface area contributed by atoms with Gasteiger partial charge in [-0.2, -0.15) is 0 Å². The Morgan fingerprint density at radius 1 is 0.862 bits per heavy atom. The highest BCUT2D eigenvalue weighted by Gasteiger charge is 2.07. The molecule has 29 heavy (non-hydrogen) atoms. The fourth-order valence-corrected chi connectivity index (χ4v) is 2.80. The molecule has 1 nitrogen and oxygen atoms in total. The van der Waals surface area contributed by atoms with Gasteiger partial charge in [-0.05, 0) is 55.9 Å². The molecule has 0 atom stereocenters. The Morgan fingerprint density at radius 3 is 2.03 bits per heavy atom. The molecular formula is C28H37N. The first kappa shape index (κ1) is 24.4. The molecule has 1 heterocycles. The summed E-state index contributed by atoms with van der Waals surface area (Å²) in [6, 6.07) is 14.7. The summed E-state index contributed by atoms with van der Waals surface area (Å²) in [5, 5.41) is 0. The molecule has 0 amide bonds. The maximum atomic E-state index is 4.81. The lowest BCUT2D eigenvalue weighted by atomic mass is 10.0. The van der Waals surface area contributed by atoms with Crippen LogP contribution in [0.2, 0.25) is 0 Å². The van der Waals surface area contributed by atoms with Crippen molar-refractivity contribution >= 4 is 5.57 Å². The van der Waals surface area contributed by atoms with Gasteiger partial charge in [0.1, 0.15) is 0 Å². The number of hydrogen-bond donors (Lipinski definition) is 0. The minimum absolute atomic E-state index is 1.05. The van der Waals surface area contributed by atoms with Gasteiger partial charge in [-0.15, -0.1) is 0 Å². The van der Waals surface area contributed by atoms with Crippen LogP contribution in [0.4, 0.5) is 0 Å². The molecule has 154 valence electrons. The zero-order valence-electron chi connectivity index (χ0n) is 18.9. The summed E-state index contributed by atoms with van der Waals surface area (Å²) in [5.74, 6) is 0. The maximum absolute atomic E-state index is 4.81. The van der Waals surface area contributed by atoms with E-state index in [1.165, 1.54) is 16.7 Å². The van der Waals surface area contributed by atoms with E-state index in [9.17, 15) is 0 Å². The predicted molar refractivity (Wildman–Crippen MR) is 131 cm³/mol. The van der Waals surface area contributed by atoms with Crippen LogP contribution in [0.3, 0.4) is 0 Å². The lowest BCUT2D eigenvalue weighted by Crippen LogP contribution is -1.94. The molecule has 0 unspecified atom stereocenters. The Morgan fingerprint density at radius 2 is 1.48 bits per heavy atom. The highest BCUT2D eigenvalue weighted by Crippen LogP contribution is 2.24. The van der Waals surface area contributed by atoms with Crippen molar-refractivity contribution in [1.29, 1.82) is 0 Å². The minimum Gasteiger partial charge on any atom is -0.248 e. The first-order chi connectivity index (χ1) is 14.2. The molecular weight excluding hydrogens is 350 g/mol. The number of allylic oxidation sites excluding steroid dienone is 8. The van der Waals surface area contributed by atoms with Crippen molar-refractivity contribution in [3.8, 4) is 11.3 Å². The van der Waals surface area contributed by atoms with Crippen LogP contribution in [0.5, 0.6) is 0 Å². The summed E-state index contributed by atoms with van der Waals surface area (Å²) in [6.07, 6.45) is 19.7. The summed E-state index contributed by atoms with van der Waals surface area (Å²) in [6.45, 7) is 10.4. The smallest absolute Gasteiger partial charge is 0.0712 e. The Kier molecular flexibility index (Phi) is 12.8. The van der Waals surface area contributed by atoms with Crippen molar-refractivity contribution in [3.63, 3.8) is 0 Å². The zero-order valence-corrected chi connectivity index (χ0v) is 18.9. The van der Waals surface area contributed by atoms with E-state index in [0.717, 1.165) is 37.1 Å². The normalized spacial score (nSPS) is 12.8. The standard InChI is InChI=1S/C18H17N.C8H14.C2H6/c1-14-12-17(15-8-4-2-5-9-15)19-18(13-14)16-10-6-3-7-11-16;1-3-5-7-8-6-4-2;1-2/h2,4-6,8-13H,3,7H2,1H3;5-8H,3-4H2,1-2H3;1-2H3/b;7-5-,8-6-;. The van der Waals surface area contributed by atoms with E-state index >= 15 is 0 Å². The van der Waals surface area contributed by atoms with E-state index in [2.05, 4.69) is 99.7 Å². The number of nitrogens with zero attached hydrogens (tertiary/aromatic N) is 1. The van der Waals surface area contributed by atoms with E-state index < -0.39 is 0 Å². The molecule has 0 bridgehead atoms. The molecule has 3 rings (SSSR count). The Bertz CT molecular complexity index is 795. The van der Waals surface area contributed by atoms with Gasteiger partial charge in [0.05, 0.1) is 11.4 Å². The molecule has 2 aromatic rings.